The number of rotatable bonds is 11. The largest absolute Gasteiger partial charge is 0.375 e. The van der Waals surface area contributed by atoms with Gasteiger partial charge in [0.15, 0.2) is 0 Å². The minimum Gasteiger partial charge on any atom is -0.375 e. The van der Waals surface area contributed by atoms with Crippen LogP contribution in [0.1, 0.15) is 17.5 Å². The first kappa shape index (κ1) is 21.0. The molecular weight excluding hydrogens is 362 g/mol. The van der Waals surface area contributed by atoms with Crippen LogP contribution in [0.3, 0.4) is 0 Å². The Labute approximate surface area is 161 Å². The third-order valence-electron chi connectivity index (χ3n) is 4.13. The van der Waals surface area contributed by atoms with Crippen molar-refractivity contribution in [1.82, 2.24) is 4.31 Å². The molecule has 144 valence electrons. The van der Waals surface area contributed by atoms with Gasteiger partial charge in [-0.05, 0) is 24.6 Å². The number of aryl methyl sites for hydroxylation is 1. The molecule has 1 atom stereocenters. The van der Waals surface area contributed by atoms with Crippen molar-refractivity contribution in [3.63, 3.8) is 0 Å². The van der Waals surface area contributed by atoms with Crippen molar-refractivity contribution in [2.45, 2.75) is 30.9 Å². The minimum atomic E-state index is -3.77. The van der Waals surface area contributed by atoms with Gasteiger partial charge in [0.25, 0.3) is 0 Å². The molecule has 2 aromatic rings. The van der Waals surface area contributed by atoms with Crippen LogP contribution in [0.4, 0.5) is 0 Å². The zero-order valence-corrected chi connectivity index (χ0v) is 16.3. The fourth-order valence-electron chi connectivity index (χ4n) is 2.68. The Balaban J connectivity index is 2.19. The van der Waals surface area contributed by atoms with E-state index in [1.807, 2.05) is 37.3 Å². The second-order valence-corrected chi connectivity index (χ2v) is 8.12. The van der Waals surface area contributed by atoms with E-state index in [2.05, 4.69) is 6.58 Å². The molecule has 0 radical (unpaired) electrons. The number of carbonyl (C=O) groups is 1. The Morgan fingerprint density at radius 2 is 1.78 bits per heavy atom. The van der Waals surface area contributed by atoms with E-state index in [9.17, 15) is 13.2 Å². The lowest BCUT2D eigenvalue weighted by atomic mass is 10.2. The summed E-state index contributed by atoms with van der Waals surface area (Å²) >= 11 is 0. The number of nitrogens with zero attached hydrogens (tertiary/aromatic N) is 1. The lowest BCUT2D eigenvalue weighted by molar-refractivity contribution is -0.109. The molecular formula is C21H25NO4S. The molecule has 0 bridgehead atoms. The fourth-order valence-corrected chi connectivity index (χ4v) is 4.28. The normalized spacial score (nSPS) is 12.7. The molecule has 27 heavy (non-hydrogen) atoms. The summed E-state index contributed by atoms with van der Waals surface area (Å²) in [6.45, 7) is 6.12. The van der Waals surface area contributed by atoms with Crippen LogP contribution in [0.15, 0.2) is 72.1 Å². The van der Waals surface area contributed by atoms with Crippen LogP contribution in [-0.2, 0) is 26.2 Å². The highest BCUT2D eigenvalue weighted by molar-refractivity contribution is 7.89. The van der Waals surface area contributed by atoms with E-state index in [4.69, 9.17) is 4.74 Å². The number of carbonyl (C=O) groups excluding carboxylic acids is 1. The maximum absolute atomic E-state index is 13.1. The summed E-state index contributed by atoms with van der Waals surface area (Å²) in [4.78, 5) is 11.4. The van der Waals surface area contributed by atoms with Gasteiger partial charge in [-0.25, -0.2) is 8.42 Å². The number of hydrogen-bond donors (Lipinski definition) is 0. The highest BCUT2D eigenvalue weighted by Crippen LogP contribution is 2.20. The van der Waals surface area contributed by atoms with Crippen LogP contribution in [0.2, 0.25) is 0 Å². The molecule has 0 unspecified atom stereocenters. The zero-order chi connectivity index (χ0) is 19.7. The first-order chi connectivity index (χ1) is 13.0. The van der Waals surface area contributed by atoms with Gasteiger partial charge in [0.1, 0.15) is 6.29 Å². The van der Waals surface area contributed by atoms with Crippen molar-refractivity contribution < 1.29 is 17.9 Å². The second-order valence-electron chi connectivity index (χ2n) is 6.23. The minimum absolute atomic E-state index is 0.0493. The lowest BCUT2D eigenvalue weighted by Crippen LogP contribution is -2.43. The van der Waals surface area contributed by atoms with Crippen LogP contribution in [0.25, 0.3) is 0 Å². The third kappa shape index (κ3) is 5.85. The van der Waals surface area contributed by atoms with E-state index in [-0.39, 0.29) is 24.5 Å². The highest BCUT2D eigenvalue weighted by Gasteiger charge is 2.30. The van der Waals surface area contributed by atoms with Gasteiger partial charge in [0.2, 0.25) is 10.0 Å². The van der Waals surface area contributed by atoms with Gasteiger partial charge in [-0.2, -0.15) is 4.31 Å². The van der Waals surface area contributed by atoms with Crippen molar-refractivity contribution in [2.24, 2.45) is 0 Å². The van der Waals surface area contributed by atoms with Gasteiger partial charge in [0.05, 0.1) is 24.2 Å². The van der Waals surface area contributed by atoms with Crippen molar-refractivity contribution in [1.29, 1.82) is 0 Å². The van der Waals surface area contributed by atoms with Gasteiger partial charge in [0, 0.05) is 13.0 Å². The standard InChI is InChI=1S/C21H25NO4S/c1-3-14-22(27(24,25)21-11-9-18(2)10-12-21)20(13-15-23)17-26-16-19-7-5-4-6-8-19/h3-12,15,20H,1,13-14,16-17H2,2H3/t20-/m0/s1. The number of ether oxygens (including phenoxy) is 1. The number of benzene rings is 2. The highest BCUT2D eigenvalue weighted by atomic mass is 32.2. The summed E-state index contributed by atoms with van der Waals surface area (Å²) in [6.07, 6.45) is 2.28. The summed E-state index contributed by atoms with van der Waals surface area (Å²) in [6, 6.07) is 15.6. The van der Waals surface area contributed by atoms with Crippen LogP contribution >= 0.6 is 0 Å². The summed E-state index contributed by atoms with van der Waals surface area (Å²) in [5, 5.41) is 0. The van der Waals surface area contributed by atoms with Gasteiger partial charge in [-0.3, -0.25) is 0 Å². The molecule has 0 heterocycles. The van der Waals surface area contributed by atoms with Crippen LogP contribution in [-0.4, -0.2) is 38.2 Å². The lowest BCUT2D eigenvalue weighted by Gasteiger charge is -2.29. The molecule has 2 rings (SSSR count). The Hall–Kier alpha value is -2.28. The molecule has 0 amide bonds. The van der Waals surface area contributed by atoms with Crippen LogP contribution < -0.4 is 0 Å². The molecule has 0 saturated carbocycles. The van der Waals surface area contributed by atoms with Crippen molar-refractivity contribution in [3.05, 3.63) is 78.4 Å². The van der Waals surface area contributed by atoms with Crippen LogP contribution in [0.5, 0.6) is 0 Å². The summed E-state index contributed by atoms with van der Waals surface area (Å²) in [7, 11) is -3.77. The summed E-state index contributed by atoms with van der Waals surface area (Å²) in [5.74, 6) is 0. The van der Waals surface area contributed by atoms with Gasteiger partial charge in [-0.1, -0.05) is 54.1 Å². The first-order valence-corrected chi connectivity index (χ1v) is 10.2. The summed E-state index contributed by atoms with van der Waals surface area (Å²) in [5.41, 5.74) is 1.96. The molecule has 2 aromatic carbocycles. The first-order valence-electron chi connectivity index (χ1n) is 8.73. The fraction of sp³-hybridized carbons (Fsp3) is 0.286. The predicted molar refractivity (Wildman–Crippen MR) is 106 cm³/mol. The van der Waals surface area contributed by atoms with Crippen molar-refractivity contribution in [3.8, 4) is 0 Å². The monoisotopic (exact) mass is 387 g/mol. The Morgan fingerprint density at radius 1 is 1.11 bits per heavy atom. The molecule has 0 aliphatic rings. The molecule has 0 N–H and O–H groups in total. The number of sulfonamides is 1. The molecule has 6 heteroatoms. The molecule has 0 aliphatic carbocycles. The van der Waals surface area contributed by atoms with Gasteiger partial charge >= 0.3 is 0 Å². The van der Waals surface area contributed by atoms with Crippen molar-refractivity contribution >= 4 is 16.3 Å². The van der Waals surface area contributed by atoms with E-state index in [1.165, 1.54) is 10.4 Å². The molecule has 0 aromatic heterocycles. The summed E-state index contributed by atoms with van der Waals surface area (Å²) < 4.78 is 33.2. The van der Waals surface area contributed by atoms with E-state index in [1.54, 1.807) is 24.3 Å². The molecule has 0 saturated heterocycles. The van der Waals surface area contributed by atoms with Crippen molar-refractivity contribution in [2.75, 3.05) is 13.2 Å². The SMILES string of the molecule is C=CCN([C@@H](CC=O)COCc1ccccc1)S(=O)(=O)c1ccc(C)cc1. The molecule has 0 aliphatic heterocycles. The second kappa shape index (κ2) is 10.2. The molecule has 0 spiro atoms. The third-order valence-corrected chi connectivity index (χ3v) is 6.07. The Bertz CT molecular complexity index is 832. The molecule has 5 nitrogen and oxygen atoms in total. The van der Waals surface area contributed by atoms with Gasteiger partial charge in [-0.15, -0.1) is 6.58 Å². The van der Waals surface area contributed by atoms with E-state index >= 15 is 0 Å². The quantitative estimate of drug-likeness (QED) is 0.438. The Morgan fingerprint density at radius 3 is 2.37 bits per heavy atom. The van der Waals surface area contributed by atoms with E-state index in [0.717, 1.165) is 17.4 Å². The maximum atomic E-state index is 13.1. The van der Waals surface area contributed by atoms with Crippen LogP contribution in [0, 0.1) is 6.92 Å². The topological polar surface area (TPSA) is 63.7 Å². The molecule has 0 fully saturated rings. The average Bonchev–Trinajstić information content (AvgIpc) is 2.66. The maximum Gasteiger partial charge on any atom is 0.243 e. The average molecular weight is 388 g/mol. The zero-order valence-electron chi connectivity index (χ0n) is 15.5. The predicted octanol–water partition coefficient (Wildman–Crippen LogP) is 3.35. The van der Waals surface area contributed by atoms with Gasteiger partial charge < -0.3 is 9.53 Å². The van der Waals surface area contributed by atoms with E-state index < -0.39 is 16.1 Å². The smallest absolute Gasteiger partial charge is 0.243 e. The Kier molecular flexibility index (Phi) is 7.91. The van der Waals surface area contributed by atoms with E-state index in [0.29, 0.717) is 6.61 Å². The number of hydrogen-bond acceptors (Lipinski definition) is 4. The number of aldehydes is 1.